The minimum Gasteiger partial charge on any atom is -0.346 e. The minimum atomic E-state index is -5.82. The van der Waals surface area contributed by atoms with Gasteiger partial charge in [-0.05, 0) is 6.92 Å². The molecule has 0 aliphatic heterocycles. The summed E-state index contributed by atoms with van der Waals surface area (Å²) in [5.41, 5.74) is -4.76. The highest BCUT2D eigenvalue weighted by atomic mass is 19.4. The van der Waals surface area contributed by atoms with Crippen LogP contribution in [-0.2, 0) is 4.74 Å². The Bertz CT molecular complexity index is 242. The second-order valence-corrected chi connectivity index (χ2v) is 3.23. The van der Waals surface area contributed by atoms with Gasteiger partial charge in [0.1, 0.15) is 6.42 Å². The zero-order valence-corrected chi connectivity index (χ0v) is 8.14. The maximum atomic E-state index is 13.3. The predicted octanol–water partition coefficient (Wildman–Crippen LogP) is 3.54. The van der Waals surface area contributed by atoms with Crippen LogP contribution in [0.2, 0.25) is 0 Å². The van der Waals surface area contributed by atoms with Gasteiger partial charge in [0.05, 0.1) is 0 Å². The standard InChI is InChI=1S/C7H8F8O/c1-4(8,7(13,14)15)5(9,16-2)3-6(10,11)12/h3H2,1-2H3. The first-order valence-corrected chi connectivity index (χ1v) is 3.83. The molecule has 0 aromatic rings. The molecule has 0 aliphatic carbocycles. The van der Waals surface area contributed by atoms with E-state index in [0.717, 1.165) is 0 Å². The van der Waals surface area contributed by atoms with Gasteiger partial charge in [-0.1, -0.05) is 0 Å². The van der Waals surface area contributed by atoms with Gasteiger partial charge in [0.15, 0.2) is 0 Å². The van der Waals surface area contributed by atoms with Crippen LogP contribution in [0.15, 0.2) is 0 Å². The summed E-state index contributed by atoms with van der Waals surface area (Å²) >= 11 is 0. The highest BCUT2D eigenvalue weighted by Gasteiger charge is 2.69. The number of methoxy groups -OCH3 is 1. The fraction of sp³-hybridized carbons (Fsp3) is 1.00. The van der Waals surface area contributed by atoms with Gasteiger partial charge >= 0.3 is 12.4 Å². The molecule has 0 amide bonds. The first-order chi connectivity index (χ1) is 6.77. The van der Waals surface area contributed by atoms with E-state index in [-0.39, 0.29) is 14.0 Å². The second-order valence-electron chi connectivity index (χ2n) is 3.23. The van der Waals surface area contributed by atoms with Gasteiger partial charge in [-0.3, -0.25) is 0 Å². The molecule has 0 spiro atoms. The van der Waals surface area contributed by atoms with E-state index in [4.69, 9.17) is 0 Å². The smallest absolute Gasteiger partial charge is 0.346 e. The quantitative estimate of drug-likeness (QED) is 0.705. The molecule has 98 valence electrons. The predicted molar refractivity (Wildman–Crippen MR) is 37.1 cm³/mol. The third kappa shape index (κ3) is 2.96. The Morgan fingerprint density at radius 2 is 1.25 bits per heavy atom. The van der Waals surface area contributed by atoms with Crippen LogP contribution in [0.5, 0.6) is 0 Å². The third-order valence-electron chi connectivity index (χ3n) is 1.98. The molecular weight excluding hydrogens is 252 g/mol. The van der Waals surface area contributed by atoms with Crippen molar-refractivity contribution in [2.75, 3.05) is 7.11 Å². The molecule has 2 unspecified atom stereocenters. The van der Waals surface area contributed by atoms with Crippen LogP contribution in [0.1, 0.15) is 13.3 Å². The molecule has 0 fully saturated rings. The number of ether oxygens (including phenoxy) is 1. The molecule has 0 aromatic carbocycles. The van der Waals surface area contributed by atoms with E-state index in [9.17, 15) is 35.1 Å². The van der Waals surface area contributed by atoms with E-state index in [0.29, 0.717) is 0 Å². The van der Waals surface area contributed by atoms with Gasteiger partial charge in [0.2, 0.25) is 0 Å². The number of alkyl halides is 8. The fourth-order valence-electron chi connectivity index (χ4n) is 0.899. The van der Waals surface area contributed by atoms with Gasteiger partial charge in [0, 0.05) is 7.11 Å². The number of hydrogen-bond acceptors (Lipinski definition) is 1. The first-order valence-electron chi connectivity index (χ1n) is 3.83. The van der Waals surface area contributed by atoms with Crippen molar-refractivity contribution in [3.05, 3.63) is 0 Å². The average Bonchev–Trinajstić information content (AvgIpc) is 1.98. The van der Waals surface area contributed by atoms with Crippen molar-refractivity contribution >= 4 is 0 Å². The maximum absolute atomic E-state index is 13.3. The van der Waals surface area contributed by atoms with Crippen LogP contribution < -0.4 is 0 Å². The van der Waals surface area contributed by atoms with Crippen LogP contribution in [-0.4, -0.2) is 31.0 Å². The second kappa shape index (κ2) is 4.01. The minimum absolute atomic E-state index is 0.231. The lowest BCUT2D eigenvalue weighted by Gasteiger charge is -2.36. The van der Waals surface area contributed by atoms with Crippen molar-refractivity contribution in [1.82, 2.24) is 0 Å². The summed E-state index contributed by atoms with van der Waals surface area (Å²) in [6, 6.07) is 0. The van der Waals surface area contributed by atoms with E-state index >= 15 is 0 Å². The number of hydrogen-bond donors (Lipinski definition) is 0. The van der Waals surface area contributed by atoms with Gasteiger partial charge < -0.3 is 4.74 Å². The van der Waals surface area contributed by atoms with Crippen LogP contribution in [0.3, 0.4) is 0 Å². The Morgan fingerprint density at radius 1 is 0.875 bits per heavy atom. The molecule has 0 rings (SSSR count). The Kier molecular flexibility index (Phi) is 3.86. The number of rotatable bonds is 3. The summed E-state index contributed by atoms with van der Waals surface area (Å²) in [5.74, 6) is -4.51. The fourth-order valence-corrected chi connectivity index (χ4v) is 0.899. The van der Waals surface area contributed by atoms with E-state index in [1.165, 1.54) is 0 Å². The molecule has 0 heterocycles. The monoisotopic (exact) mass is 260 g/mol. The Balaban J connectivity index is 5.26. The van der Waals surface area contributed by atoms with E-state index in [1.54, 1.807) is 0 Å². The molecule has 0 N–H and O–H groups in total. The molecule has 0 saturated heterocycles. The summed E-state index contributed by atoms with van der Waals surface area (Å²) in [6.45, 7) is -0.345. The highest BCUT2D eigenvalue weighted by molar-refractivity contribution is 4.97. The average molecular weight is 260 g/mol. The molecule has 0 aliphatic rings. The summed E-state index contributed by atoms with van der Waals surface area (Å²) in [5, 5.41) is 0. The van der Waals surface area contributed by atoms with Gasteiger partial charge in [-0.2, -0.15) is 26.3 Å². The molecule has 0 aromatic heterocycles. The summed E-state index contributed by atoms with van der Waals surface area (Å²) in [6.07, 6.45) is -13.8. The molecule has 16 heavy (non-hydrogen) atoms. The molecule has 1 nitrogen and oxygen atoms in total. The summed E-state index contributed by atoms with van der Waals surface area (Å²) in [7, 11) is 0.231. The zero-order chi connectivity index (χ0) is 13.4. The van der Waals surface area contributed by atoms with E-state index in [1.807, 2.05) is 0 Å². The van der Waals surface area contributed by atoms with Gasteiger partial charge in [0.25, 0.3) is 11.5 Å². The number of halogens is 8. The van der Waals surface area contributed by atoms with Crippen molar-refractivity contribution in [3.63, 3.8) is 0 Å². The normalized spacial score (nSPS) is 21.4. The molecule has 0 radical (unpaired) electrons. The molecule has 0 bridgehead atoms. The Hall–Kier alpha value is -0.600. The molecule has 2 atom stereocenters. The highest BCUT2D eigenvalue weighted by Crippen LogP contribution is 2.48. The largest absolute Gasteiger partial charge is 0.427 e. The van der Waals surface area contributed by atoms with Crippen molar-refractivity contribution in [2.45, 2.75) is 37.2 Å². The van der Waals surface area contributed by atoms with Crippen molar-refractivity contribution in [2.24, 2.45) is 0 Å². The molecule has 9 heteroatoms. The topological polar surface area (TPSA) is 9.23 Å². The van der Waals surface area contributed by atoms with Crippen LogP contribution in [0, 0.1) is 0 Å². The van der Waals surface area contributed by atoms with Crippen molar-refractivity contribution < 1.29 is 39.9 Å². The van der Waals surface area contributed by atoms with Crippen LogP contribution in [0.4, 0.5) is 35.1 Å². The lowest BCUT2D eigenvalue weighted by molar-refractivity contribution is -0.344. The first kappa shape index (κ1) is 15.4. The maximum Gasteiger partial charge on any atom is 0.427 e. The molecule has 0 saturated carbocycles. The Labute approximate surface area is 85.4 Å². The lowest BCUT2D eigenvalue weighted by Crippen LogP contribution is -2.58. The summed E-state index contributed by atoms with van der Waals surface area (Å²) in [4.78, 5) is 0. The van der Waals surface area contributed by atoms with Crippen molar-refractivity contribution in [1.29, 1.82) is 0 Å². The third-order valence-corrected chi connectivity index (χ3v) is 1.98. The van der Waals surface area contributed by atoms with Gasteiger partial charge in [-0.25, -0.2) is 8.78 Å². The van der Waals surface area contributed by atoms with Gasteiger partial charge in [-0.15, -0.1) is 0 Å². The summed E-state index contributed by atoms with van der Waals surface area (Å²) < 4.78 is 101. The van der Waals surface area contributed by atoms with E-state index in [2.05, 4.69) is 4.74 Å². The van der Waals surface area contributed by atoms with Crippen LogP contribution in [0.25, 0.3) is 0 Å². The van der Waals surface area contributed by atoms with Crippen molar-refractivity contribution in [3.8, 4) is 0 Å². The zero-order valence-electron chi connectivity index (χ0n) is 8.14. The lowest BCUT2D eigenvalue weighted by atomic mass is 9.94. The molecular formula is C7H8F8O. The SMILES string of the molecule is COC(F)(CC(F)(F)F)C(C)(F)C(F)(F)F. The Morgan fingerprint density at radius 3 is 1.44 bits per heavy atom. The van der Waals surface area contributed by atoms with E-state index < -0.39 is 30.3 Å². The van der Waals surface area contributed by atoms with Crippen LogP contribution >= 0.6 is 0 Å².